The van der Waals surface area contributed by atoms with Crippen molar-refractivity contribution in [3.63, 3.8) is 0 Å². The van der Waals surface area contributed by atoms with Crippen molar-refractivity contribution in [2.45, 2.75) is 6.92 Å². The molecule has 7 nitrogen and oxygen atoms in total. The second-order valence-electron chi connectivity index (χ2n) is 5.99. The maximum Gasteiger partial charge on any atom is 0.259 e. The highest BCUT2D eigenvalue weighted by molar-refractivity contribution is 6.32. The number of carbonyl (C=O) groups is 2. The Bertz CT molecular complexity index is 1070. The molecule has 2 aromatic carbocycles. The molecule has 2 N–H and O–H groups in total. The summed E-state index contributed by atoms with van der Waals surface area (Å²) in [5.41, 5.74) is 4.11. The zero-order valence-electron chi connectivity index (χ0n) is 15.4. The highest BCUT2D eigenvalue weighted by Gasteiger charge is 2.14. The van der Waals surface area contributed by atoms with E-state index >= 15 is 0 Å². The lowest BCUT2D eigenvalue weighted by molar-refractivity contribution is -0.120. The van der Waals surface area contributed by atoms with Crippen LogP contribution in [0, 0.1) is 12.7 Å². The van der Waals surface area contributed by atoms with E-state index < -0.39 is 17.6 Å². The van der Waals surface area contributed by atoms with Gasteiger partial charge >= 0.3 is 0 Å². The van der Waals surface area contributed by atoms with Crippen molar-refractivity contribution in [2.75, 3.05) is 6.54 Å². The number of para-hydroxylation sites is 1. The molecule has 0 bridgehead atoms. The van der Waals surface area contributed by atoms with Crippen molar-refractivity contribution in [3.8, 4) is 5.69 Å². The summed E-state index contributed by atoms with van der Waals surface area (Å²) in [5.74, 6) is -1.93. The molecule has 3 rings (SSSR count). The molecule has 0 saturated heterocycles. The van der Waals surface area contributed by atoms with Crippen LogP contribution in [0.1, 0.15) is 21.6 Å². The number of carbonyl (C=O) groups excluding carboxylic acids is 2. The van der Waals surface area contributed by atoms with Crippen LogP contribution in [0.15, 0.2) is 59.7 Å². The van der Waals surface area contributed by atoms with Crippen LogP contribution in [-0.4, -0.2) is 34.4 Å². The zero-order valence-corrected chi connectivity index (χ0v) is 16.2. The lowest BCUT2D eigenvalue weighted by Gasteiger charge is -2.05. The number of nitrogens with one attached hydrogen (secondary N) is 2. The Morgan fingerprint density at radius 1 is 1.17 bits per heavy atom. The number of aromatic nitrogens is 2. The third-order valence-electron chi connectivity index (χ3n) is 3.96. The molecule has 1 aromatic heterocycles. The van der Waals surface area contributed by atoms with E-state index in [4.69, 9.17) is 11.6 Å². The van der Waals surface area contributed by atoms with Gasteiger partial charge in [-0.3, -0.25) is 9.59 Å². The molecular formula is C20H17ClFN5O2. The van der Waals surface area contributed by atoms with Crippen LogP contribution >= 0.6 is 11.6 Å². The van der Waals surface area contributed by atoms with Gasteiger partial charge < -0.3 is 5.32 Å². The Labute approximate surface area is 171 Å². The summed E-state index contributed by atoms with van der Waals surface area (Å²) in [6, 6.07) is 14.8. The molecule has 148 valence electrons. The van der Waals surface area contributed by atoms with Gasteiger partial charge in [-0.1, -0.05) is 41.9 Å². The van der Waals surface area contributed by atoms with Crippen LogP contribution < -0.4 is 10.7 Å². The van der Waals surface area contributed by atoms with Crippen molar-refractivity contribution >= 4 is 29.6 Å². The fourth-order valence-corrected chi connectivity index (χ4v) is 2.83. The summed E-state index contributed by atoms with van der Waals surface area (Å²) < 4.78 is 15.1. The zero-order chi connectivity index (χ0) is 20.8. The summed E-state index contributed by atoms with van der Waals surface area (Å²) >= 11 is 6.37. The highest BCUT2D eigenvalue weighted by Crippen LogP contribution is 2.21. The van der Waals surface area contributed by atoms with Gasteiger partial charge in [-0.25, -0.2) is 14.5 Å². The molecule has 0 aliphatic heterocycles. The number of hydrazone groups is 1. The van der Waals surface area contributed by atoms with E-state index in [1.165, 1.54) is 30.5 Å². The summed E-state index contributed by atoms with van der Waals surface area (Å²) in [6.45, 7) is 1.41. The van der Waals surface area contributed by atoms with E-state index in [1.54, 1.807) is 11.6 Å². The molecule has 0 unspecified atom stereocenters. The van der Waals surface area contributed by atoms with Crippen LogP contribution in [-0.2, 0) is 4.79 Å². The van der Waals surface area contributed by atoms with Gasteiger partial charge in [0, 0.05) is 0 Å². The maximum absolute atomic E-state index is 13.5. The number of aryl methyl sites for hydroxylation is 1. The summed E-state index contributed by atoms with van der Waals surface area (Å²) in [4.78, 5) is 23.8. The maximum atomic E-state index is 13.5. The summed E-state index contributed by atoms with van der Waals surface area (Å²) in [5, 5.41) is 10.9. The van der Waals surface area contributed by atoms with Crippen LogP contribution in [0.4, 0.5) is 4.39 Å². The molecule has 0 aliphatic carbocycles. The molecule has 0 atom stereocenters. The van der Waals surface area contributed by atoms with Gasteiger partial charge in [-0.2, -0.15) is 10.2 Å². The predicted octanol–water partition coefficient (Wildman–Crippen LogP) is 2.85. The first-order valence-electron chi connectivity index (χ1n) is 8.62. The van der Waals surface area contributed by atoms with Crippen molar-refractivity contribution in [2.24, 2.45) is 5.10 Å². The number of amides is 2. The molecule has 0 fully saturated rings. The molecule has 0 aliphatic rings. The van der Waals surface area contributed by atoms with Gasteiger partial charge in [0.15, 0.2) is 0 Å². The number of hydrogen-bond acceptors (Lipinski definition) is 4. The predicted molar refractivity (Wildman–Crippen MR) is 108 cm³/mol. The van der Waals surface area contributed by atoms with Crippen LogP contribution in [0.3, 0.4) is 0 Å². The lowest BCUT2D eigenvalue weighted by Crippen LogP contribution is -2.35. The molecule has 29 heavy (non-hydrogen) atoms. The Morgan fingerprint density at radius 2 is 1.86 bits per heavy atom. The van der Waals surface area contributed by atoms with Crippen LogP contribution in [0.5, 0.6) is 0 Å². The number of hydrogen-bond donors (Lipinski definition) is 2. The number of halogens is 2. The second-order valence-corrected chi connectivity index (χ2v) is 6.35. The second kappa shape index (κ2) is 9.11. The molecule has 9 heteroatoms. The van der Waals surface area contributed by atoms with E-state index in [9.17, 15) is 14.0 Å². The van der Waals surface area contributed by atoms with E-state index in [0.717, 1.165) is 5.69 Å². The van der Waals surface area contributed by atoms with Crippen molar-refractivity contribution in [3.05, 3.63) is 82.4 Å². The number of nitrogens with zero attached hydrogens (tertiary/aromatic N) is 3. The minimum absolute atomic E-state index is 0.139. The average Bonchev–Trinajstić information content (AvgIpc) is 3.01. The average molecular weight is 414 g/mol. The summed E-state index contributed by atoms with van der Waals surface area (Å²) in [6.07, 6.45) is 1.38. The van der Waals surface area contributed by atoms with E-state index in [-0.39, 0.29) is 12.1 Å². The highest BCUT2D eigenvalue weighted by atomic mass is 35.5. The third-order valence-corrected chi connectivity index (χ3v) is 4.32. The van der Waals surface area contributed by atoms with Gasteiger partial charge in [0.05, 0.1) is 35.3 Å². The van der Waals surface area contributed by atoms with Gasteiger partial charge in [0.1, 0.15) is 11.0 Å². The van der Waals surface area contributed by atoms with Gasteiger partial charge in [-0.15, -0.1) is 0 Å². The minimum atomic E-state index is -0.690. The Hall–Kier alpha value is -3.52. The number of benzene rings is 2. The first-order valence-corrected chi connectivity index (χ1v) is 9.00. The SMILES string of the molecule is Cc1nn(-c2ccccc2)c(Cl)c1/C=N/NC(=O)CNC(=O)c1ccccc1F. The molecular weight excluding hydrogens is 397 g/mol. The van der Waals surface area contributed by atoms with Crippen LogP contribution in [0.2, 0.25) is 5.15 Å². The Kier molecular flexibility index (Phi) is 6.36. The molecule has 1 heterocycles. The van der Waals surface area contributed by atoms with Gasteiger partial charge in [-0.05, 0) is 31.2 Å². The molecule has 0 saturated carbocycles. The lowest BCUT2D eigenvalue weighted by atomic mass is 10.2. The smallest absolute Gasteiger partial charge is 0.259 e. The first-order chi connectivity index (χ1) is 14.0. The summed E-state index contributed by atoms with van der Waals surface area (Å²) in [7, 11) is 0. The standard InChI is InChI=1S/C20H17ClFN5O2/c1-13-16(19(21)27(26-13)14-7-3-2-4-8-14)11-24-25-18(28)12-23-20(29)15-9-5-6-10-17(15)22/h2-11H,12H2,1H3,(H,23,29)(H,25,28)/b24-11+. The van der Waals surface area contributed by atoms with E-state index in [1.807, 2.05) is 30.3 Å². The molecule has 2 amide bonds. The third kappa shape index (κ3) is 4.85. The molecule has 3 aromatic rings. The van der Waals surface area contributed by atoms with Gasteiger partial charge in [0.25, 0.3) is 11.8 Å². The largest absolute Gasteiger partial charge is 0.343 e. The van der Waals surface area contributed by atoms with Crippen molar-refractivity contribution in [1.29, 1.82) is 0 Å². The molecule has 0 radical (unpaired) electrons. The number of rotatable bonds is 6. The molecule has 0 spiro atoms. The fraction of sp³-hybridized carbons (Fsp3) is 0.100. The monoisotopic (exact) mass is 413 g/mol. The Morgan fingerprint density at radius 3 is 2.59 bits per heavy atom. The van der Waals surface area contributed by atoms with E-state index in [2.05, 4.69) is 20.9 Å². The van der Waals surface area contributed by atoms with Crippen molar-refractivity contribution < 1.29 is 14.0 Å². The Balaban J connectivity index is 1.59. The van der Waals surface area contributed by atoms with Crippen molar-refractivity contribution in [1.82, 2.24) is 20.5 Å². The van der Waals surface area contributed by atoms with E-state index in [0.29, 0.717) is 16.4 Å². The first kappa shape index (κ1) is 20.2. The fourth-order valence-electron chi connectivity index (χ4n) is 2.51. The minimum Gasteiger partial charge on any atom is -0.343 e. The quantitative estimate of drug-likeness (QED) is 0.481. The van der Waals surface area contributed by atoms with Gasteiger partial charge in [0.2, 0.25) is 0 Å². The topological polar surface area (TPSA) is 88.4 Å². The normalized spacial score (nSPS) is 10.9. The van der Waals surface area contributed by atoms with Crippen LogP contribution in [0.25, 0.3) is 5.69 Å².